The monoisotopic (exact) mass is 345 g/mol. The first kappa shape index (κ1) is 18.2. The fourth-order valence-electron chi connectivity index (χ4n) is 2.35. The summed E-state index contributed by atoms with van der Waals surface area (Å²) in [7, 11) is 1.53. The van der Waals surface area contributed by atoms with E-state index in [2.05, 4.69) is 10.3 Å². The number of hydrogen-bond donors (Lipinski definition) is 1. The van der Waals surface area contributed by atoms with Gasteiger partial charge in [0.1, 0.15) is 11.3 Å². The van der Waals surface area contributed by atoms with Crippen molar-refractivity contribution in [3.63, 3.8) is 0 Å². The highest BCUT2D eigenvalue weighted by Gasteiger charge is 2.43. The van der Waals surface area contributed by atoms with Gasteiger partial charge < -0.3 is 15.0 Å². The summed E-state index contributed by atoms with van der Waals surface area (Å²) in [6.07, 6.45) is -3.49. The molecule has 0 radical (unpaired) electrons. The van der Waals surface area contributed by atoms with Crippen molar-refractivity contribution in [2.24, 2.45) is 0 Å². The first-order valence-corrected chi connectivity index (χ1v) is 7.24. The molecule has 2 heterocycles. The fourth-order valence-corrected chi connectivity index (χ4v) is 2.35. The standard InChI is InChI=1S/C15H18F3N3O3/c1-9(10-4-5-11(19-6-10)15(16,17)18)20-12(22)13(23)21-7-14(2,8-21)24-3/h4-6,9H,7-8H2,1-3H3,(H,20,22)/t9-/m1/s1. The van der Waals surface area contributed by atoms with Crippen LogP contribution in [-0.4, -0.2) is 47.5 Å². The van der Waals surface area contributed by atoms with E-state index >= 15 is 0 Å². The lowest BCUT2D eigenvalue weighted by Gasteiger charge is -2.46. The van der Waals surface area contributed by atoms with Crippen LogP contribution < -0.4 is 5.32 Å². The van der Waals surface area contributed by atoms with Crippen LogP contribution in [0.1, 0.15) is 31.1 Å². The molecule has 0 spiro atoms. The molecule has 6 nitrogen and oxygen atoms in total. The molecular weight excluding hydrogens is 327 g/mol. The topological polar surface area (TPSA) is 71.5 Å². The van der Waals surface area contributed by atoms with Crippen molar-refractivity contribution >= 4 is 11.8 Å². The maximum atomic E-state index is 12.5. The van der Waals surface area contributed by atoms with Crippen LogP contribution >= 0.6 is 0 Å². The molecule has 1 aromatic rings. The van der Waals surface area contributed by atoms with Crippen LogP contribution in [0.5, 0.6) is 0 Å². The summed E-state index contributed by atoms with van der Waals surface area (Å²) >= 11 is 0. The fraction of sp³-hybridized carbons (Fsp3) is 0.533. The van der Waals surface area contributed by atoms with Crippen molar-refractivity contribution < 1.29 is 27.5 Å². The number of pyridine rings is 1. The van der Waals surface area contributed by atoms with Crippen LogP contribution in [0, 0.1) is 0 Å². The average Bonchev–Trinajstić information content (AvgIpc) is 2.50. The molecule has 0 saturated carbocycles. The molecule has 1 aliphatic rings. The molecule has 1 saturated heterocycles. The number of likely N-dealkylation sites (tertiary alicyclic amines) is 1. The number of amides is 2. The summed E-state index contributed by atoms with van der Waals surface area (Å²) in [5.74, 6) is -1.52. The Kier molecular flexibility index (Phi) is 4.84. The van der Waals surface area contributed by atoms with Crippen molar-refractivity contribution in [1.82, 2.24) is 15.2 Å². The second kappa shape index (κ2) is 6.39. The van der Waals surface area contributed by atoms with Crippen molar-refractivity contribution in [3.8, 4) is 0 Å². The number of hydrogen-bond acceptors (Lipinski definition) is 4. The number of halogens is 3. The van der Waals surface area contributed by atoms with E-state index in [-0.39, 0.29) is 0 Å². The first-order valence-electron chi connectivity index (χ1n) is 7.24. The Morgan fingerprint density at radius 2 is 2.00 bits per heavy atom. The number of nitrogens with zero attached hydrogens (tertiary/aromatic N) is 2. The van der Waals surface area contributed by atoms with E-state index in [0.717, 1.165) is 12.3 Å². The molecule has 2 amide bonds. The van der Waals surface area contributed by atoms with E-state index < -0.39 is 35.3 Å². The summed E-state index contributed by atoms with van der Waals surface area (Å²) in [6.45, 7) is 4.01. The lowest BCUT2D eigenvalue weighted by Crippen LogP contribution is -2.64. The van der Waals surface area contributed by atoms with Gasteiger partial charge >= 0.3 is 18.0 Å². The zero-order valence-electron chi connectivity index (χ0n) is 13.5. The Balaban J connectivity index is 1.93. The summed E-state index contributed by atoms with van der Waals surface area (Å²) in [4.78, 5) is 28.6. The summed E-state index contributed by atoms with van der Waals surface area (Å²) in [6, 6.07) is 1.40. The summed E-state index contributed by atoms with van der Waals surface area (Å²) in [5.41, 5.74) is -1.09. The zero-order chi connectivity index (χ0) is 18.1. The molecule has 24 heavy (non-hydrogen) atoms. The minimum atomic E-state index is -4.52. The van der Waals surface area contributed by atoms with Gasteiger partial charge in [-0.15, -0.1) is 0 Å². The number of ether oxygens (including phenoxy) is 1. The number of methoxy groups -OCH3 is 1. The number of aromatic nitrogens is 1. The molecule has 1 fully saturated rings. The third-order valence-corrected chi connectivity index (χ3v) is 3.95. The minimum absolute atomic E-state index is 0.311. The molecular formula is C15H18F3N3O3. The zero-order valence-corrected chi connectivity index (χ0v) is 13.5. The quantitative estimate of drug-likeness (QED) is 0.844. The van der Waals surface area contributed by atoms with Gasteiger partial charge in [0.15, 0.2) is 0 Å². The second-order valence-electron chi connectivity index (χ2n) is 5.98. The molecule has 0 bridgehead atoms. The summed E-state index contributed by atoms with van der Waals surface area (Å²) in [5, 5.41) is 2.46. The van der Waals surface area contributed by atoms with Crippen LogP contribution in [0.3, 0.4) is 0 Å². The van der Waals surface area contributed by atoms with Crippen molar-refractivity contribution in [1.29, 1.82) is 0 Å². The molecule has 0 aliphatic carbocycles. The average molecular weight is 345 g/mol. The third kappa shape index (κ3) is 3.84. The van der Waals surface area contributed by atoms with Crippen molar-refractivity contribution in [2.75, 3.05) is 20.2 Å². The number of rotatable bonds is 3. The second-order valence-corrected chi connectivity index (χ2v) is 5.98. The third-order valence-electron chi connectivity index (χ3n) is 3.95. The van der Waals surface area contributed by atoms with Gasteiger partial charge in [0.2, 0.25) is 0 Å². The Labute approximate surface area is 137 Å². The van der Waals surface area contributed by atoms with Crippen LogP contribution in [0.15, 0.2) is 18.3 Å². The lowest BCUT2D eigenvalue weighted by atomic mass is 9.96. The Morgan fingerprint density at radius 1 is 1.38 bits per heavy atom. The number of carbonyl (C=O) groups is 2. The predicted octanol–water partition coefficient (Wildman–Crippen LogP) is 1.52. The normalized spacial score (nSPS) is 17.8. The van der Waals surface area contributed by atoms with Gasteiger partial charge in [-0.1, -0.05) is 6.07 Å². The van der Waals surface area contributed by atoms with Gasteiger partial charge in [-0.2, -0.15) is 13.2 Å². The first-order chi connectivity index (χ1) is 11.1. The van der Waals surface area contributed by atoms with Crippen molar-refractivity contribution in [3.05, 3.63) is 29.6 Å². The highest BCUT2D eigenvalue weighted by Crippen LogP contribution is 2.28. The van der Waals surface area contributed by atoms with Crippen LogP contribution in [0.2, 0.25) is 0 Å². The maximum Gasteiger partial charge on any atom is 0.433 e. The largest absolute Gasteiger partial charge is 0.433 e. The van der Waals surface area contributed by atoms with Gasteiger partial charge in [0, 0.05) is 13.3 Å². The van der Waals surface area contributed by atoms with E-state index in [1.165, 1.54) is 18.1 Å². The van der Waals surface area contributed by atoms with Crippen LogP contribution in [0.25, 0.3) is 0 Å². The van der Waals surface area contributed by atoms with E-state index in [1.807, 2.05) is 6.92 Å². The van der Waals surface area contributed by atoms with E-state index in [0.29, 0.717) is 18.7 Å². The number of alkyl halides is 3. The maximum absolute atomic E-state index is 12.5. The highest BCUT2D eigenvalue weighted by molar-refractivity contribution is 6.35. The molecule has 2 rings (SSSR count). The van der Waals surface area contributed by atoms with Crippen LogP contribution in [0.4, 0.5) is 13.2 Å². The smallest absolute Gasteiger partial charge is 0.375 e. The molecule has 132 valence electrons. The van der Waals surface area contributed by atoms with Gasteiger partial charge in [-0.25, -0.2) is 0 Å². The molecule has 1 aromatic heterocycles. The van der Waals surface area contributed by atoms with E-state index in [4.69, 9.17) is 4.74 Å². The van der Waals surface area contributed by atoms with Crippen LogP contribution in [-0.2, 0) is 20.5 Å². The molecule has 0 unspecified atom stereocenters. The summed E-state index contributed by atoms with van der Waals surface area (Å²) < 4.78 is 42.6. The van der Waals surface area contributed by atoms with Gasteiger partial charge in [-0.3, -0.25) is 14.6 Å². The Hall–Kier alpha value is -2.16. The van der Waals surface area contributed by atoms with E-state index in [1.54, 1.807) is 6.92 Å². The molecule has 9 heteroatoms. The molecule has 0 aromatic carbocycles. The molecule has 1 aliphatic heterocycles. The molecule has 1 atom stereocenters. The number of nitrogens with one attached hydrogen (secondary N) is 1. The van der Waals surface area contributed by atoms with Crippen molar-refractivity contribution in [2.45, 2.75) is 31.7 Å². The molecule has 1 N–H and O–H groups in total. The predicted molar refractivity (Wildman–Crippen MR) is 77.8 cm³/mol. The SMILES string of the molecule is COC1(C)CN(C(=O)C(=O)N[C@H](C)c2ccc(C(F)(F)F)nc2)C1. The minimum Gasteiger partial charge on any atom is -0.375 e. The van der Waals surface area contributed by atoms with Gasteiger partial charge in [-0.05, 0) is 25.5 Å². The highest BCUT2D eigenvalue weighted by atomic mass is 19.4. The van der Waals surface area contributed by atoms with E-state index in [9.17, 15) is 22.8 Å². The number of carbonyl (C=O) groups excluding carboxylic acids is 2. The van der Waals surface area contributed by atoms with Gasteiger partial charge in [0.05, 0.1) is 19.1 Å². The van der Waals surface area contributed by atoms with Gasteiger partial charge in [0.25, 0.3) is 0 Å². The Morgan fingerprint density at radius 3 is 2.46 bits per heavy atom. The lowest BCUT2D eigenvalue weighted by molar-refractivity contribution is -0.164. The Bertz CT molecular complexity index is 625.